The van der Waals surface area contributed by atoms with Gasteiger partial charge in [0.2, 0.25) is 0 Å². The van der Waals surface area contributed by atoms with Crippen LogP contribution < -0.4 is 0 Å². The number of phenols is 2. The molecule has 11 heteroatoms. The maximum absolute atomic E-state index is 10.6. The van der Waals surface area contributed by atoms with E-state index in [1.54, 1.807) is 0 Å². The van der Waals surface area contributed by atoms with Crippen LogP contribution in [0.2, 0.25) is 0 Å². The predicted molar refractivity (Wildman–Crippen MR) is 57.4 cm³/mol. The monoisotopic (exact) mass is 312 g/mol. The van der Waals surface area contributed by atoms with Gasteiger partial charge in [-0.1, -0.05) is 0 Å². The van der Waals surface area contributed by atoms with E-state index in [2.05, 4.69) is 0 Å². The van der Waals surface area contributed by atoms with Crippen LogP contribution in [0.5, 0.6) is 11.5 Å². The van der Waals surface area contributed by atoms with Gasteiger partial charge in [-0.15, -0.1) is 0 Å². The molecule has 0 saturated carbocycles. The van der Waals surface area contributed by atoms with Gasteiger partial charge in [0.1, 0.15) is 21.3 Å². The van der Waals surface area contributed by atoms with Crippen LogP contribution >= 0.6 is 0 Å². The molecule has 0 bridgehead atoms. The fourth-order valence-electron chi connectivity index (χ4n) is 0.952. The second-order valence-electron chi connectivity index (χ2n) is 2.74. The third kappa shape index (κ3) is 3.95. The summed E-state index contributed by atoms with van der Waals surface area (Å²) in [6.45, 7) is 0. The van der Waals surface area contributed by atoms with Crippen LogP contribution in [0.25, 0.3) is 0 Å². The van der Waals surface area contributed by atoms with E-state index in [1.807, 2.05) is 0 Å². The topological polar surface area (TPSA) is 149 Å². The van der Waals surface area contributed by atoms with Crippen LogP contribution in [0.4, 0.5) is 0 Å². The van der Waals surface area contributed by atoms with Gasteiger partial charge in [0.05, 0.1) is 0 Å². The third-order valence-electron chi connectivity index (χ3n) is 1.60. The molecule has 0 atom stereocenters. The molecule has 0 spiro atoms. The first-order chi connectivity index (χ1) is 7.03. The number of benzene rings is 1. The van der Waals surface area contributed by atoms with E-state index >= 15 is 0 Å². The molecule has 1 rings (SSSR count). The van der Waals surface area contributed by atoms with Crippen molar-refractivity contribution in [2.24, 2.45) is 0 Å². The zero-order valence-corrected chi connectivity index (χ0v) is 11.9. The zero-order chi connectivity index (χ0) is 12.7. The molecule has 17 heavy (non-hydrogen) atoms. The number of hydrogen-bond donors (Lipinski definition) is 4. The molecule has 0 heterocycles. The van der Waals surface area contributed by atoms with Crippen LogP contribution in [-0.4, -0.2) is 73.9 Å². The minimum atomic E-state index is -4.80. The minimum Gasteiger partial charge on any atom is -1.00 e. The van der Waals surface area contributed by atoms with E-state index in [1.165, 1.54) is 0 Å². The quantitative estimate of drug-likeness (QED) is 0.322. The summed E-state index contributed by atoms with van der Waals surface area (Å²) in [5.41, 5.74) is 0. The predicted octanol–water partition coefficient (Wildman–Crippen LogP) is -0.565. The summed E-state index contributed by atoms with van der Waals surface area (Å²) in [6.07, 6.45) is 0. The van der Waals surface area contributed by atoms with E-state index in [0.717, 1.165) is 0 Å². The van der Waals surface area contributed by atoms with Crippen LogP contribution in [-0.2, 0) is 20.2 Å². The molecule has 0 amide bonds. The fourth-order valence-corrected chi connectivity index (χ4v) is 2.12. The van der Waals surface area contributed by atoms with E-state index in [-0.39, 0.29) is 40.6 Å². The molecule has 8 nitrogen and oxygen atoms in total. The maximum Gasteiger partial charge on any atom is 2.00 e. The average Bonchev–Trinajstić information content (AvgIpc) is 2.04. The van der Waals surface area contributed by atoms with Gasteiger partial charge in [0, 0.05) is 12.1 Å². The molecule has 0 fully saturated rings. The molecular weight excluding hydrogens is 304 g/mol. The van der Waals surface area contributed by atoms with Crippen molar-refractivity contribution in [2.75, 3.05) is 0 Å². The van der Waals surface area contributed by atoms with Gasteiger partial charge in [-0.25, -0.2) is 0 Å². The Hall–Kier alpha value is -0.100. The molecule has 94 valence electrons. The molecule has 1 aromatic rings. The minimum absolute atomic E-state index is 0. The van der Waals surface area contributed by atoms with E-state index in [4.69, 9.17) is 19.3 Å². The second-order valence-corrected chi connectivity index (χ2v) is 5.52. The Morgan fingerprint density at radius 1 is 0.824 bits per heavy atom. The van der Waals surface area contributed by atoms with Crippen molar-refractivity contribution in [2.45, 2.75) is 9.79 Å². The number of phenolic OH excluding ortho intramolecular Hbond substituents is 2. The number of hydrogen-bond acceptors (Lipinski definition) is 6. The van der Waals surface area contributed by atoms with Gasteiger partial charge in [0.15, 0.2) is 0 Å². The van der Waals surface area contributed by atoms with Gasteiger partial charge in [0.25, 0.3) is 20.2 Å². The molecule has 0 aliphatic carbocycles. The molecule has 0 aromatic heterocycles. The Labute approximate surface area is 129 Å². The molecule has 0 saturated heterocycles. The standard InChI is InChI=1S/C6H6O8S2.Ca.2H/c7-3-1-5(15(9,10)11)4(8)2-6(3)16(12,13)14;;;/h1-2,7-8H,(H,9,10,11)(H,12,13,14);;;/q;+2;2*-1. The van der Waals surface area contributed by atoms with Gasteiger partial charge in [-0.05, 0) is 0 Å². The van der Waals surface area contributed by atoms with Crippen LogP contribution in [0.3, 0.4) is 0 Å². The molecule has 0 aliphatic heterocycles. The van der Waals surface area contributed by atoms with Crippen molar-refractivity contribution in [1.82, 2.24) is 0 Å². The first-order valence-corrected chi connectivity index (χ1v) is 6.42. The Kier molecular flexibility index (Phi) is 5.23. The van der Waals surface area contributed by atoms with Gasteiger partial charge in [-0.3, -0.25) is 9.11 Å². The SMILES string of the molecule is O=S(=O)(O)c1cc(O)c(S(=O)(=O)O)cc1O.[Ca+2].[H-].[H-]. The number of aromatic hydroxyl groups is 2. The molecule has 0 radical (unpaired) electrons. The van der Waals surface area contributed by atoms with Gasteiger partial charge in [-0.2, -0.15) is 16.8 Å². The molecule has 1 aromatic carbocycles. The zero-order valence-electron chi connectivity index (χ0n) is 10.1. The molecular formula is C6H8CaO8S2. The second kappa shape index (κ2) is 5.26. The Bertz CT molecular complexity index is 584. The summed E-state index contributed by atoms with van der Waals surface area (Å²) in [4.78, 5) is -2.14. The summed E-state index contributed by atoms with van der Waals surface area (Å²) in [6, 6.07) is 0.599. The van der Waals surface area contributed by atoms with Crippen LogP contribution in [0, 0.1) is 0 Å². The van der Waals surface area contributed by atoms with E-state index in [9.17, 15) is 16.8 Å². The normalized spacial score (nSPS) is 11.9. The van der Waals surface area contributed by atoms with E-state index in [0.29, 0.717) is 12.1 Å². The Balaban J connectivity index is -0.000000853. The molecule has 4 N–H and O–H groups in total. The Morgan fingerprint density at radius 2 is 1.06 bits per heavy atom. The van der Waals surface area contributed by atoms with Gasteiger partial charge < -0.3 is 13.1 Å². The largest absolute Gasteiger partial charge is 2.00 e. The van der Waals surface area contributed by atoms with Crippen molar-refractivity contribution < 1.29 is 39.0 Å². The third-order valence-corrected chi connectivity index (χ3v) is 3.36. The summed E-state index contributed by atoms with van der Waals surface area (Å²) in [5, 5.41) is 18.2. The molecule has 0 aliphatic rings. The van der Waals surface area contributed by atoms with Crippen molar-refractivity contribution in [3.63, 3.8) is 0 Å². The number of rotatable bonds is 2. The maximum atomic E-state index is 10.6. The average molecular weight is 312 g/mol. The van der Waals surface area contributed by atoms with Crippen molar-refractivity contribution in [3.8, 4) is 11.5 Å². The summed E-state index contributed by atoms with van der Waals surface area (Å²) >= 11 is 0. The summed E-state index contributed by atoms with van der Waals surface area (Å²) < 4.78 is 59.7. The first-order valence-electron chi connectivity index (χ1n) is 3.54. The van der Waals surface area contributed by atoms with Crippen LogP contribution in [0.1, 0.15) is 2.85 Å². The van der Waals surface area contributed by atoms with E-state index < -0.39 is 41.5 Å². The summed E-state index contributed by atoms with van der Waals surface area (Å²) in [5.74, 6) is -2.24. The molecule has 0 unspecified atom stereocenters. The summed E-state index contributed by atoms with van der Waals surface area (Å²) in [7, 11) is -9.61. The van der Waals surface area contributed by atoms with Crippen molar-refractivity contribution >= 4 is 58.0 Å². The smallest absolute Gasteiger partial charge is 1.00 e. The van der Waals surface area contributed by atoms with Crippen molar-refractivity contribution in [3.05, 3.63) is 12.1 Å². The Morgan fingerprint density at radius 3 is 1.24 bits per heavy atom. The van der Waals surface area contributed by atoms with Gasteiger partial charge >= 0.3 is 37.7 Å². The van der Waals surface area contributed by atoms with Crippen molar-refractivity contribution in [1.29, 1.82) is 0 Å². The van der Waals surface area contributed by atoms with Crippen LogP contribution in [0.15, 0.2) is 21.9 Å². The fraction of sp³-hybridized carbons (Fsp3) is 0. The first kappa shape index (κ1) is 16.9.